The largest absolute Gasteiger partial charge is 0.491 e. The first-order valence-electron chi connectivity index (χ1n) is 9.57. The summed E-state index contributed by atoms with van der Waals surface area (Å²) in [5.41, 5.74) is 1.000. The molecule has 1 amide bonds. The van der Waals surface area contributed by atoms with Crippen molar-refractivity contribution in [2.45, 2.75) is 13.0 Å². The van der Waals surface area contributed by atoms with E-state index in [2.05, 4.69) is 20.2 Å². The van der Waals surface area contributed by atoms with Crippen molar-refractivity contribution < 1.29 is 19.0 Å². The monoisotopic (exact) mass is 387 g/mol. The predicted octanol–water partition coefficient (Wildman–Crippen LogP) is 0.629. The number of carbonyl (C=O) groups excluding carboxylic acids is 1. The normalized spacial score (nSPS) is 17.4. The molecule has 2 aliphatic heterocycles. The molecule has 28 heavy (non-hydrogen) atoms. The molecule has 2 aromatic rings. The minimum absolute atomic E-state index is 0.366. The molecule has 4 rings (SSSR count). The van der Waals surface area contributed by atoms with Crippen molar-refractivity contribution in [3.8, 4) is 11.5 Å². The lowest BCUT2D eigenvalue weighted by atomic mass is 10.2. The van der Waals surface area contributed by atoms with Crippen molar-refractivity contribution in [2.24, 2.45) is 4.99 Å². The molecule has 150 valence electrons. The van der Waals surface area contributed by atoms with E-state index in [0.29, 0.717) is 42.2 Å². The number of nitrogens with zero attached hydrogens (tertiary/aromatic N) is 4. The summed E-state index contributed by atoms with van der Waals surface area (Å²) in [6, 6.07) is 3.88. The molecule has 1 aromatic carbocycles. The van der Waals surface area contributed by atoms with Crippen LogP contribution in [0.2, 0.25) is 0 Å². The zero-order chi connectivity index (χ0) is 19.3. The smallest absolute Gasteiger partial charge is 0.236 e. The van der Waals surface area contributed by atoms with E-state index in [1.165, 1.54) is 0 Å². The highest BCUT2D eigenvalue weighted by molar-refractivity contribution is 5.95. The second-order valence-electron chi connectivity index (χ2n) is 6.72. The fourth-order valence-electron chi connectivity index (χ4n) is 3.70. The van der Waals surface area contributed by atoms with Crippen LogP contribution in [0.5, 0.6) is 11.5 Å². The van der Waals surface area contributed by atoms with Gasteiger partial charge in [-0.2, -0.15) is 4.99 Å². The number of nitrogens with one attached hydrogen (secondary N) is 1. The molecule has 0 atom stereocenters. The average molecular weight is 387 g/mol. The number of fused-ring (bicyclic) bond motifs is 3. The van der Waals surface area contributed by atoms with Gasteiger partial charge < -0.3 is 19.5 Å². The highest BCUT2D eigenvalue weighted by Crippen LogP contribution is 2.37. The van der Waals surface area contributed by atoms with Crippen LogP contribution in [0.15, 0.2) is 17.1 Å². The van der Waals surface area contributed by atoms with E-state index in [-0.39, 0.29) is 0 Å². The Morgan fingerprint density at radius 2 is 2.18 bits per heavy atom. The van der Waals surface area contributed by atoms with Gasteiger partial charge in [-0.3, -0.25) is 14.3 Å². The predicted molar refractivity (Wildman–Crippen MR) is 104 cm³/mol. The number of benzene rings is 1. The van der Waals surface area contributed by atoms with Crippen molar-refractivity contribution in [3.05, 3.63) is 17.8 Å². The Hall–Kier alpha value is -2.65. The van der Waals surface area contributed by atoms with Gasteiger partial charge in [0.15, 0.2) is 11.5 Å². The topological polar surface area (TPSA) is 90.2 Å². The summed E-state index contributed by atoms with van der Waals surface area (Å²) < 4.78 is 18.9. The summed E-state index contributed by atoms with van der Waals surface area (Å²) in [5, 5.41) is 4.25. The number of amides is 1. The molecular formula is C19H25N5O4. The summed E-state index contributed by atoms with van der Waals surface area (Å²) in [6.07, 6.45) is 1.43. The van der Waals surface area contributed by atoms with E-state index >= 15 is 0 Å². The van der Waals surface area contributed by atoms with E-state index < -0.39 is 0 Å². The molecule has 3 heterocycles. The second-order valence-corrected chi connectivity index (χ2v) is 6.72. The summed E-state index contributed by atoms with van der Waals surface area (Å²) in [6.45, 7) is 6.60. The lowest BCUT2D eigenvalue weighted by Crippen LogP contribution is -2.37. The Morgan fingerprint density at radius 1 is 1.32 bits per heavy atom. The Bertz CT molecular complexity index is 921. The zero-order valence-electron chi connectivity index (χ0n) is 16.0. The Labute approximate surface area is 162 Å². The van der Waals surface area contributed by atoms with Crippen molar-refractivity contribution in [1.82, 2.24) is 14.5 Å². The first kappa shape index (κ1) is 18.7. The van der Waals surface area contributed by atoms with E-state index in [1.54, 1.807) is 7.11 Å². The van der Waals surface area contributed by atoms with Crippen LogP contribution in [0.3, 0.4) is 0 Å². The molecular weight excluding hydrogens is 362 g/mol. The Kier molecular flexibility index (Phi) is 5.73. The molecule has 1 N–H and O–H groups in total. The third-order valence-electron chi connectivity index (χ3n) is 5.05. The molecule has 0 radical (unpaired) electrons. The van der Waals surface area contributed by atoms with Gasteiger partial charge in [0.25, 0.3) is 0 Å². The number of morpholine rings is 1. The molecule has 0 bridgehead atoms. The number of methoxy groups -OCH3 is 1. The van der Waals surface area contributed by atoms with E-state index in [0.717, 1.165) is 57.0 Å². The van der Waals surface area contributed by atoms with Gasteiger partial charge in [0.2, 0.25) is 12.0 Å². The molecule has 2 aliphatic rings. The highest BCUT2D eigenvalue weighted by Gasteiger charge is 2.20. The summed E-state index contributed by atoms with van der Waals surface area (Å²) in [7, 11) is 1.60. The fraction of sp³-hybridized carbons (Fsp3) is 0.526. The second kappa shape index (κ2) is 8.57. The molecule has 9 heteroatoms. The number of rotatable bonds is 7. The molecule has 0 spiro atoms. The van der Waals surface area contributed by atoms with Crippen LogP contribution < -0.4 is 20.4 Å². The van der Waals surface area contributed by atoms with Gasteiger partial charge in [0.1, 0.15) is 11.3 Å². The number of hydrogen-bond donors (Lipinski definition) is 1. The van der Waals surface area contributed by atoms with E-state index in [4.69, 9.17) is 14.2 Å². The number of anilines is 1. The third kappa shape index (κ3) is 3.67. The first-order valence-corrected chi connectivity index (χ1v) is 9.57. The van der Waals surface area contributed by atoms with Crippen LogP contribution in [0, 0.1) is 0 Å². The van der Waals surface area contributed by atoms with Crippen LogP contribution >= 0.6 is 0 Å². The maximum Gasteiger partial charge on any atom is 0.236 e. The van der Waals surface area contributed by atoms with Crippen LogP contribution in [-0.4, -0.2) is 74.0 Å². The number of aromatic nitrogens is 2. The lowest BCUT2D eigenvalue weighted by molar-refractivity contribution is -0.107. The molecule has 1 fully saturated rings. The summed E-state index contributed by atoms with van der Waals surface area (Å²) in [4.78, 5) is 21.8. The molecule has 0 unspecified atom stereocenters. The maximum atomic E-state index is 10.9. The minimum atomic E-state index is 0.366. The van der Waals surface area contributed by atoms with Crippen LogP contribution in [0.1, 0.15) is 6.42 Å². The fourth-order valence-corrected chi connectivity index (χ4v) is 3.70. The third-order valence-corrected chi connectivity index (χ3v) is 5.05. The van der Waals surface area contributed by atoms with Crippen molar-refractivity contribution in [2.75, 3.05) is 58.4 Å². The maximum absolute atomic E-state index is 10.9. The van der Waals surface area contributed by atoms with Gasteiger partial charge in [0.05, 0.1) is 26.9 Å². The van der Waals surface area contributed by atoms with E-state index in [9.17, 15) is 4.79 Å². The van der Waals surface area contributed by atoms with Gasteiger partial charge in [-0.05, 0) is 18.6 Å². The van der Waals surface area contributed by atoms with Crippen LogP contribution in [0.25, 0.3) is 10.9 Å². The molecule has 0 aliphatic carbocycles. The van der Waals surface area contributed by atoms with Crippen molar-refractivity contribution in [1.29, 1.82) is 0 Å². The number of ether oxygens (including phenoxy) is 3. The van der Waals surface area contributed by atoms with Crippen molar-refractivity contribution in [3.63, 3.8) is 0 Å². The van der Waals surface area contributed by atoms with Crippen LogP contribution in [-0.2, 0) is 16.1 Å². The highest BCUT2D eigenvalue weighted by atomic mass is 16.5. The molecule has 1 aromatic heterocycles. The van der Waals surface area contributed by atoms with E-state index in [1.807, 2.05) is 16.7 Å². The SMILES string of the molecule is COc1c(OCCCN2CCOCC2)ccc2c3n(c(=NC=O)nc12)CCN3. The summed E-state index contributed by atoms with van der Waals surface area (Å²) >= 11 is 0. The average Bonchev–Trinajstić information content (AvgIpc) is 3.22. The summed E-state index contributed by atoms with van der Waals surface area (Å²) in [5.74, 6) is 2.09. The van der Waals surface area contributed by atoms with Gasteiger partial charge in [-0.1, -0.05) is 0 Å². The Morgan fingerprint density at radius 3 is 2.96 bits per heavy atom. The first-order chi connectivity index (χ1) is 13.8. The van der Waals surface area contributed by atoms with Gasteiger partial charge in [-0.15, -0.1) is 0 Å². The molecule has 0 saturated carbocycles. The van der Waals surface area contributed by atoms with Gasteiger partial charge in [-0.25, -0.2) is 4.98 Å². The van der Waals surface area contributed by atoms with Gasteiger partial charge >= 0.3 is 0 Å². The molecule has 9 nitrogen and oxygen atoms in total. The number of hydrogen-bond acceptors (Lipinski definition) is 7. The van der Waals surface area contributed by atoms with Crippen LogP contribution in [0.4, 0.5) is 5.82 Å². The molecule has 1 saturated heterocycles. The Balaban J connectivity index is 1.56. The van der Waals surface area contributed by atoms with Crippen molar-refractivity contribution >= 4 is 23.1 Å². The quantitative estimate of drug-likeness (QED) is 0.550. The minimum Gasteiger partial charge on any atom is -0.491 e. The standard InChI is InChI=1S/C19H25N5O4/c1-26-17-15(28-10-2-6-23-8-11-27-12-9-23)4-3-14-16(17)22-19(21-13-25)24-7-5-20-18(14)24/h3-4,13,20H,2,5-12H2,1H3. The lowest BCUT2D eigenvalue weighted by Gasteiger charge is -2.26. The number of carbonyl (C=O) groups is 1. The zero-order valence-corrected chi connectivity index (χ0v) is 16.0. The van der Waals surface area contributed by atoms with Gasteiger partial charge in [0, 0.05) is 38.1 Å².